The molecule has 1 N–H and O–H groups in total. The van der Waals surface area contributed by atoms with Crippen molar-refractivity contribution in [2.24, 2.45) is 0 Å². The van der Waals surface area contributed by atoms with E-state index in [0.29, 0.717) is 30.7 Å². The van der Waals surface area contributed by atoms with Crippen molar-refractivity contribution in [1.29, 1.82) is 0 Å². The van der Waals surface area contributed by atoms with Crippen LogP contribution in [0.15, 0.2) is 35.5 Å². The highest BCUT2D eigenvalue weighted by atomic mass is 35.5. The van der Waals surface area contributed by atoms with Gasteiger partial charge < -0.3 is 9.47 Å². The van der Waals surface area contributed by atoms with E-state index in [4.69, 9.17) is 21.1 Å². The largest absolute Gasteiger partial charge is 0.495 e. The van der Waals surface area contributed by atoms with Gasteiger partial charge >= 0.3 is 6.01 Å². The molecule has 0 aliphatic heterocycles. The number of methoxy groups -OCH3 is 1. The summed E-state index contributed by atoms with van der Waals surface area (Å²) in [7, 11) is -2.37. The lowest BCUT2D eigenvalue weighted by molar-refractivity contribution is 0.131. The highest BCUT2D eigenvalue weighted by Gasteiger charge is 2.28. The van der Waals surface area contributed by atoms with Crippen molar-refractivity contribution in [3.63, 3.8) is 0 Å². The van der Waals surface area contributed by atoms with Gasteiger partial charge in [-0.25, -0.2) is 27.5 Å². The normalized spacial score (nSPS) is 20.3. The van der Waals surface area contributed by atoms with Crippen molar-refractivity contribution in [2.45, 2.75) is 42.7 Å². The van der Waals surface area contributed by atoms with Crippen LogP contribution in [-0.2, 0) is 10.0 Å². The molecule has 0 spiro atoms. The molecule has 1 fully saturated rings. The molecule has 1 heterocycles. The van der Waals surface area contributed by atoms with Gasteiger partial charge in [-0.3, -0.25) is 0 Å². The van der Waals surface area contributed by atoms with Crippen molar-refractivity contribution in [1.82, 2.24) is 14.7 Å². The summed E-state index contributed by atoms with van der Waals surface area (Å²) in [5.41, 5.74) is 0. The molecule has 1 aliphatic rings. The molecule has 0 unspecified atom stereocenters. The van der Waals surface area contributed by atoms with Crippen LogP contribution in [0.1, 0.15) is 25.7 Å². The SMILES string of the molecule is COc1ccc(Cl)cc1S(=O)(=O)NC1CCC(Oc2ncc(F)cn2)CC1. The molecule has 2 aromatic rings. The maximum Gasteiger partial charge on any atom is 0.316 e. The van der Waals surface area contributed by atoms with Gasteiger partial charge in [-0.05, 0) is 43.9 Å². The zero-order valence-electron chi connectivity index (χ0n) is 14.6. The van der Waals surface area contributed by atoms with E-state index in [9.17, 15) is 12.8 Å². The van der Waals surface area contributed by atoms with Crippen LogP contribution in [0.2, 0.25) is 5.02 Å². The fourth-order valence-corrected chi connectivity index (χ4v) is 4.69. The number of benzene rings is 1. The molecule has 1 aromatic carbocycles. The standard InChI is InChI=1S/C17H19ClFN3O4S/c1-25-15-7-2-11(18)8-16(15)27(23,24)22-13-3-5-14(6-4-13)26-17-20-9-12(19)10-21-17/h2,7-10,13-14,22H,3-6H2,1H3. The maximum absolute atomic E-state index is 12.8. The maximum atomic E-state index is 12.8. The van der Waals surface area contributed by atoms with Crippen molar-refractivity contribution >= 4 is 21.6 Å². The van der Waals surface area contributed by atoms with Crippen LogP contribution in [0.3, 0.4) is 0 Å². The van der Waals surface area contributed by atoms with Gasteiger partial charge in [-0.15, -0.1) is 0 Å². The predicted molar refractivity (Wildman–Crippen MR) is 97.0 cm³/mol. The Hall–Kier alpha value is -1.97. The van der Waals surface area contributed by atoms with Crippen LogP contribution in [0.4, 0.5) is 4.39 Å². The minimum atomic E-state index is -3.77. The average molecular weight is 416 g/mol. The van der Waals surface area contributed by atoms with E-state index >= 15 is 0 Å². The number of hydrogen-bond acceptors (Lipinski definition) is 6. The summed E-state index contributed by atoms with van der Waals surface area (Å²) in [4.78, 5) is 7.55. The van der Waals surface area contributed by atoms with E-state index in [2.05, 4.69) is 14.7 Å². The number of nitrogens with zero attached hydrogens (tertiary/aromatic N) is 2. The Kier molecular flexibility index (Phi) is 6.13. The van der Waals surface area contributed by atoms with Crippen LogP contribution in [0.25, 0.3) is 0 Å². The van der Waals surface area contributed by atoms with E-state index in [-0.39, 0.29) is 28.8 Å². The number of ether oxygens (including phenoxy) is 2. The number of hydrogen-bond donors (Lipinski definition) is 1. The first-order valence-electron chi connectivity index (χ1n) is 8.37. The number of nitrogens with one attached hydrogen (secondary N) is 1. The second-order valence-electron chi connectivity index (χ2n) is 6.19. The Morgan fingerprint density at radius 3 is 2.48 bits per heavy atom. The fourth-order valence-electron chi connectivity index (χ4n) is 2.95. The summed E-state index contributed by atoms with van der Waals surface area (Å²) >= 11 is 5.93. The third-order valence-electron chi connectivity index (χ3n) is 4.28. The molecule has 3 rings (SSSR count). The number of halogens is 2. The van der Waals surface area contributed by atoms with Gasteiger partial charge in [0, 0.05) is 11.1 Å². The van der Waals surface area contributed by atoms with E-state index < -0.39 is 15.8 Å². The summed E-state index contributed by atoms with van der Waals surface area (Å²) in [6.45, 7) is 0. The van der Waals surface area contributed by atoms with Gasteiger partial charge in [0.25, 0.3) is 0 Å². The zero-order valence-corrected chi connectivity index (χ0v) is 16.1. The minimum absolute atomic E-state index is 0.00980. The Bertz CT molecular complexity index is 888. The van der Waals surface area contributed by atoms with Gasteiger partial charge in [0.05, 0.1) is 19.5 Å². The summed E-state index contributed by atoms with van der Waals surface area (Å²) in [6.07, 6.45) is 4.38. The number of rotatable bonds is 6. The lowest BCUT2D eigenvalue weighted by Crippen LogP contribution is -2.39. The molecular formula is C17H19ClFN3O4S. The first kappa shape index (κ1) is 19.8. The van der Waals surface area contributed by atoms with Gasteiger partial charge in [-0.2, -0.15) is 0 Å². The summed E-state index contributed by atoms with van der Waals surface area (Å²) < 4.78 is 51.7. The highest BCUT2D eigenvalue weighted by Crippen LogP contribution is 2.29. The van der Waals surface area contributed by atoms with Crippen LogP contribution in [0.5, 0.6) is 11.8 Å². The van der Waals surface area contributed by atoms with Crippen molar-refractivity contribution in [3.05, 3.63) is 41.4 Å². The third kappa shape index (κ3) is 5.06. The lowest BCUT2D eigenvalue weighted by Gasteiger charge is -2.28. The molecule has 1 aromatic heterocycles. The molecule has 27 heavy (non-hydrogen) atoms. The second kappa shape index (κ2) is 8.37. The van der Waals surface area contributed by atoms with Crippen molar-refractivity contribution < 1.29 is 22.3 Å². The quantitative estimate of drug-likeness (QED) is 0.780. The average Bonchev–Trinajstić information content (AvgIpc) is 2.65. The highest BCUT2D eigenvalue weighted by molar-refractivity contribution is 7.89. The Morgan fingerprint density at radius 1 is 1.19 bits per heavy atom. The molecule has 0 atom stereocenters. The summed E-state index contributed by atoms with van der Waals surface area (Å²) in [5.74, 6) is -0.297. The Morgan fingerprint density at radius 2 is 1.85 bits per heavy atom. The van der Waals surface area contributed by atoms with Crippen LogP contribution < -0.4 is 14.2 Å². The Balaban J connectivity index is 1.60. The topological polar surface area (TPSA) is 90.4 Å². The third-order valence-corrected chi connectivity index (χ3v) is 6.06. The predicted octanol–water partition coefficient (Wildman–Crippen LogP) is 2.95. The first-order chi connectivity index (χ1) is 12.9. The van der Waals surface area contributed by atoms with Crippen LogP contribution in [-0.4, -0.2) is 37.6 Å². The van der Waals surface area contributed by atoms with Gasteiger partial charge in [-0.1, -0.05) is 11.6 Å². The molecule has 1 aliphatic carbocycles. The molecule has 1 saturated carbocycles. The number of aromatic nitrogens is 2. The van der Waals surface area contributed by atoms with Crippen LogP contribution in [0, 0.1) is 5.82 Å². The van der Waals surface area contributed by atoms with Gasteiger partial charge in [0.1, 0.15) is 16.7 Å². The smallest absolute Gasteiger partial charge is 0.316 e. The molecule has 146 valence electrons. The second-order valence-corrected chi connectivity index (χ2v) is 8.31. The van der Waals surface area contributed by atoms with Gasteiger partial charge in [0.2, 0.25) is 10.0 Å². The molecule has 0 bridgehead atoms. The number of sulfonamides is 1. The molecular weight excluding hydrogens is 397 g/mol. The van der Waals surface area contributed by atoms with E-state index in [1.165, 1.54) is 19.2 Å². The molecule has 10 heteroatoms. The van der Waals surface area contributed by atoms with E-state index in [1.54, 1.807) is 6.07 Å². The lowest BCUT2D eigenvalue weighted by atomic mass is 9.94. The summed E-state index contributed by atoms with van der Waals surface area (Å²) in [5, 5.41) is 0.313. The van der Waals surface area contributed by atoms with Gasteiger partial charge in [0.15, 0.2) is 5.82 Å². The molecule has 0 radical (unpaired) electrons. The molecule has 0 amide bonds. The first-order valence-corrected chi connectivity index (χ1v) is 10.2. The minimum Gasteiger partial charge on any atom is -0.495 e. The Labute approximate surface area is 161 Å². The van der Waals surface area contributed by atoms with Crippen molar-refractivity contribution in [2.75, 3.05) is 7.11 Å². The monoisotopic (exact) mass is 415 g/mol. The molecule has 7 nitrogen and oxygen atoms in total. The summed E-state index contributed by atoms with van der Waals surface area (Å²) in [6, 6.07) is 4.34. The van der Waals surface area contributed by atoms with Crippen LogP contribution >= 0.6 is 11.6 Å². The zero-order chi connectivity index (χ0) is 19.4. The van der Waals surface area contributed by atoms with E-state index in [1.807, 2.05) is 0 Å². The van der Waals surface area contributed by atoms with Crippen molar-refractivity contribution in [3.8, 4) is 11.8 Å². The fraction of sp³-hybridized carbons (Fsp3) is 0.412. The molecule has 0 saturated heterocycles. The van der Waals surface area contributed by atoms with E-state index in [0.717, 1.165) is 12.4 Å².